The lowest BCUT2D eigenvalue weighted by Gasteiger charge is -2.29. The first-order valence-corrected chi connectivity index (χ1v) is 9.17. The highest BCUT2D eigenvalue weighted by Crippen LogP contribution is 2.42. The van der Waals surface area contributed by atoms with Crippen LogP contribution in [0.1, 0.15) is 52.9 Å². The summed E-state index contributed by atoms with van der Waals surface area (Å²) in [6, 6.07) is 0. The van der Waals surface area contributed by atoms with Crippen LogP contribution in [0, 0.1) is 17.3 Å². The first-order chi connectivity index (χ1) is 12.3. The van der Waals surface area contributed by atoms with Crippen molar-refractivity contribution < 1.29 is 32.7 Å². The molecule has 2 rings (SSSR count). The summed E-state index contributed by atoms with van der Waals surface area (Å²) in [5, 5.41) is 9.57. The molecule has 0 bridgehead atoms. The zero-order valence-electron chi connectivity index (χ0n) is 15.9. The van der Waals surface area contributed by atoms with E-state index >= 15 is 0 Å². The summed E-state index contributed by atoms with van der Waals surface area (Å²) >= 11 is 0. The van der Waals surface area contributed by atoms with Gasteiger partial charge in [-0.3, -0.25) is 9.59 Å². The van der Waals surface area contributed by atoms with Gasteiger partial charge >= 0.3 is 12.1 Å². The Morgan fingerprint density at radius 3 is 2.48 bits per heavy atom. The number of likely N-dealkylation sites (tertiary alicyclic amines) is 1. The number of ketones is 1. The quantitative estimate of drug-likeness (QED) is 0.798. The van der Waals surface area contributed by atoms with E-state index in [1.807, 2.05) is 6.92 Å². The molecule has 1 aliphatic heterocycles. The maximum Gasteiger partial charge on any atom is 0.406 e. The molecule has 0 radical (unpaired) electrons. The second-order valence-corrected chi connectivity index (χ2v) is 8.16. The van der Waals surface area contributed by atoms with E-state index in [-0.39, 0.29) is 49.0 Å². The van der Waals surface area contributed by atoms with E-state index in [9.17, 15) is 32.7 Å². The number of carboxylic acids is 1. The number of nitrogens with zero attached hydrogens (tertiary/aromatic N) is 1. The average Bonchev–Trinajstić information content (AvgIpc) is 2.81. The lowest BCUT2D eigenvalue weighted by Crippen LogP contribution is -2.39. The highest BCUT2D eigenvalue weighted by atomic mass is 19.4. The molecule has 152 valence electrons. The summed E-state index contributed by atoms with van der Waals surface area (Å²) < 4.78 is 38.0. The van der Waals surface area contributed by atoms with Crippen LogP contribution in [0.5, 0.6) is 0 Å². The minimum atomic E-state index is -4.47. The van der Waals surface area contributed by atoms with Crippen LogP contribution in [0.2, 0.25) is 0 Å². The van der Waals surface area contributed by atoms with Gasteiger partial charge in [0.25, 0.3) is 0 Å². The Kier molecular flexibility index (Phi) is 6.06. The number of carbonyl (C=O) groups excluding carboxylic acids is 2. The van der Waals surface area contributed by atoms with Gasteiger partial charge in [-0.1, -0.05) is 26.3 Å². The first-order valence-electron chi connectivity index (χ1n) is 9.17. The number of alkyl halides is 3. The van der Waals surface area contributed by atoms with Crippen molar-refractivity contribution in [3.8, 4) is 0 Å². The predicted molar refractivity (Wildman–Crippen MR) is 91.8 cm³/mol. The number of hydrogen-bond donors (Lipinski definition) is 1. The van der Waals surface area contributed by atoms with Gasteiger partial charge in [-0.2, -0.15) is 13.2 Å². The molecule has 0 aromatic rings. The van der Waals surface area contributed by atoms with E-state index in [1.165, 1.54) is 0 Å². The number of rotatable bonds is 4. The fourth-order valence-corrected chi connectivity index (χ4v) is 3.98. The van der Waals surface area contributed by atoms with E-state index in [0.717, 1.165) is 4.90 Å². The van der Waals surface area contributed by atoms with Crippen LogP contribution in [0.4, 0.5) is 13.2 Å². The minimum absolute atomic E-state index is 0.00189. The maximum absolute atomic E-state index is 12.7. The second-order valence-electron chi connectivity index (χ2n) is 8.16. The number of allylic oxidation sites excluding steroid dienone is 1. The smallest absolute Gasteiger partial charge is 0.406 e. The molecule has 1 N–H and O–H groups in total. The minimum Gasteiger partial charge on any atom is -0.478 e. The predicted octanol–water partition coefficient (Wildman–Crippen LogP) is 3.58. The molecule has 8 heteroatoms. The number of halogens is 3. The molecule has 27 heavy (non-hydrogen) atoms. The Balaban J connectivity index is 2.28. The molecule has 1 unspecified atom stereocenters. The summed E-state index contributed by atoms with van der Waals surface area (Å²) in [6.07, 6.45) is -3.32. The van der Waals surface area contributed by atoms with Gasteiger partial charge in [-0.25, -0.2) is 4.79 Å². The van der Waals surface area contributed by atoms with Gasteiger partial charge in [0.1, 0.15) is 12.3 Å². The van der Waals surface area contributed by atoms with Crippen molar-refractivity contribution in [3.63, 3.8) is 0 Å². The SMILES string of the molecule is C[C@@H]1CCC(CC2(C)CCN(CC(F)(F)F)C2=O)=C(C(=O)O)CC(=O)[C@H]1C. The molecule has 1 heterocycles. The van der Waals surface area contributed by atoms with E-state index < -0.39 is 30.0 Å². The van der Waals surface area contributed by atoms with Gasteiger partial charge in [0.15, 0.2) is 0 Å². The van der Waals surface area contributed by atoms with Crippen LogP contribution >= 0.6 is 0 Å². The van der Waals surface area contributed by atoms with Crippen LogP contribution < -0.4 is 0 Å². The van der Waals surface area contributed by atoms with Gasteiger partial charge in [0, 0.05) is 24.5 Å². The zero-order valence-corrected chi connectivity index (χ0v) is 15.9. The van der Waals surface area contributed by atoms with Gasteiger partial charge in [0.05, 0.1) is 5.41 Å². The van der Waals surface area contributed by atoms with Crippen LogP contribution in [0.15, 0.2) is 11.1 Å². The summed E-state index contributed by atoms with van der Waals surface area (Å²) in [5.41, 5.74) is -0.556. The number of carbonyl (C=O) groups is 3. The lowest BCUT2D eigenvalue weighted by atomic mass is 9.75. The fraction of sp³-hybridized carbons (Fsp3) is 0.737. The standard InChI is InChI=1S/C19H26F3NO4/c1-11-4-5-13(14(16(25)26)8-15(24)12(11)2)9-18(3)6-7-23(17(18)27)10-19(20,21)22/h11-12H,4-10H2,1-3H3,(H,25,26)/t11-,12+,18?/m1/s1. The largest absolute Gasteiger partial charge is 0.478 e. The molecular weight excluding hydrogens is 363 g/mol. The summed E-state index contributed by atoms with van der Waals surface area (Å²) in [7, 11) is 0. The van der Waals surface area contributed by atoms with E-state index in [4.69, 9.17) is 0 Å². The normalized spacial score (nSPS) is 30.5. The monoisotopic (exact) mass is 389 g/mol. The third-order valence-electron chi connectivity index (χ3n) is 6.01. The lowest BCUT2D eigenvalue weighted by molar-refractivity contribution is -0.160. The van der Waals surface area contributed by atoms with Crippen LogP contribution in [0.3, 0.4) is 0 Å². The number of hydrogen-bond acceptors (Lipinski definition) is 3. The van der Waals surface area contributed by atoms with E-state index in [0.29, 0.717) is 18.4 Å². The molecule has 0 saturated carbocycles. The molecule has 1 fully saturated rings. The Morgan fingerprint density at radius 1 is 1.30 bits per heavy atom. The molecule has 2 aliphatic rings. The Morgan fingerprint density at radius 2 is 1.93 bits per heavy atom. The first kappa shape index (κ1) is 21.4. The summed E-state index contributed by atoms with van der Waals surface area (Å²) in [4.78, 5) is 37.4. The topological polar surface area (TPSA) is 74.7 Å². The van der Waals surface area contributed by atoms with Crippen molar-refractivity contribution in [1.29, 1.82) is 0 Å². The van der Waals surface area contributed by atoms with Crippen molar-refractivity contribution in [2.45, 2.75) is 59.1 Å². The number of amides is 1. The Hall–Kier alpha value is -1.86. The molecule has 3 atom stereocenters. The van der Waals surface area contributed by atoms with Crippen molar-refractivity contribution in [2.24, 2.45) is 17.3 Å². The van der Waals surface area contributed by atoms with Gasteiger partial charge in [-0.15, -0.1) is 0 Å². The highest BCUT2D eigenvalue weighted by molar-refractivity contribution is 5.96. The molecule has 1 aliphatic carbocycles. The second kappa shape index (κ2) is 7.64. The van der Waals surface area contributed by atoms with E-state index in [2.05, 4.69) is 0 Å². The molecular formula is C19H26F3NO4. The fourth-order valence-electron chi connectivity index (χ4n) is 3.98. The zero-order chi connectivity index (χ0) is 20.6. The van der Waals surface area contributed by atoms with Gasteiger partial charge < -0.3 is 10.0 Å². The molecule has 0 aromatic heterocycles. The molecule has 1 saturated heterocycles. The molecule has 5 nitrogen and oxygen atoms in total. The molecule has 1 amide bonds. The van der Waals surface area contributed by atoms with Gasteiger partial charge in [-0.05, 0) is 31.6 Å². The number of Topliss-reactive ketones (excluding diaryl/α,β-unsaturated/α-hetero) is 1. The maximum atomic E-state index is 12.7. The highest BCUT2D eigenvalue weighted by Gasteiger charge is 2.47. The van der Waals surface area contributed by atoms with Crippen LogP contribution in [0.25, 0.3) is 0 Å². The third-order valence-corrected chi connectivity index (χ3v) is 6.01. The van der Waals surface area contributed by atoms with Crippen molar-refractivity contribution in [2.75, 3.05) is 13.1 Å². The average molecular weight is 389 g/mol. The number of aliphatic carboxylic acids is 1. The summed E-state index contributed by atoms with van der Waals surface area (Å²) in [6.45, 7) is 4.01. The summed E-state index contributed by atoms with van der Waals surface area (Å²) in [5.74, 6) is -2.12. The van der Waals surface area contributed by atoms with E-state index in [1.54, 1.807) is 13.8 Å². The molecule has 0 aromatic carbocycles. The van der Waals surface area contributed by atoms with Gasteiger partial charge in [0.2, 0.25) is 5.91 Å². The Labute approximate surface area is 156 Å². The van der Waals surface area contributed by atoms with Crippen molar-refractivity contribution in [3.05, 3.63) is 11.1 Å². The van der Waals surface area contributed by atoms with Crippen molar-refractivity contribution in [1.82, 2.24) is 4.90 Å². The van der Waals surface area contributed by atoms with Crippen LogP contribution in [-0.2, 0) is 14.4 Å². The Bertz CT molecular complexity index is 670. The van der Waals surface area contributed by atoms with Crippen molar-refractivity contribution >= 4 is 17.7 Å². The van der Waals surface area contributed by atoms with Crippen LogP contribution in [-0.4, -0.2) is 46.9 Å². The number of carboxylic acid groups (broad SMARTS) is 1. The third kappa shape index (κ3) is 4.90. The molecule has 0 spiro atoms.